The molecule has 1 aliphatic rings. The minimum absolute atomic E-state index is 0.328. The first-order valence-electron chi connectivity index (χ1n) is 6.90. The summed E-state index contributed by atoms with van der Waals surface area (Å²) in [6.07, 6.45) is 4.55. The van der Waals surface area contributed by atoms with Gasteiger partial charge in [0.2, 0.25) is 5.13 Å². The van der Waals surface area contributed by atoms with Crippen LogP contribution in [0.4, 0.5) is 5.13 Å². The molecule has 1 N–H and O–H groups in total. The summed E-state index contributed by atoms with van der Waals surface area (Å²) in [5.74, 6) is 2.17. The van der Waals surface area contributed by atoms with Gasteiger partial charge in [0.25, 0.3) is 0 Å². The van der Waals surface area contributed by atoms with Crippen molar-refractivity contribution in [3.8, 4) is 0 Å². The van der Waals surface area contributed by atoms with Crippen LogP contribution in [0.25, 0.3) is 0 Å². The Labute approximate surface area is 113 Å². The minimum atomic E-state index is 0.328. The van der Waals surface area contributed by atoms with Crippen molar-refractivity contribution in [2.75, 3.05) is 24.6 Å². The number of nitrogens with zero attached hydrogens (tertiary/aromatic N) is 3. The summed E-state index contributed by atoms with van der Waals surface area (Å²) in [7, 11) is 0. The van der Waals surface area contributed by atoms with E-state index in [2.05, 4.69) is 28.1 Å². The van der Waals surface area contributed by atoms with Gasteiger partial charge < -0.3 is 10.0 Å². The van der Waals surface area contributed by atoms with Gasteiger partial charge in [-0.15, -0.1) is 0 Å². The van der Waals surface area contributed by atoms with E-state index in [-0.39, 0.29) is 0 Å². The topological polar surface area (TPSA) is 49.2 Å². The number of hydrogen-bond acceptors (Lipinski definition) is 5. The van der Waals surface area contributed by atoms with E-state index in [4.69, 9.17) is 5.11 Å². The maximum Gasteiger partial charge on any atom is 0.205 e. The first kappa shape index (κ1) is 13.7. The van der Waals surface area contributed by atoms with Crippen LogP contribution < -0.4 is 4.90 Å². The summed E-state index contributed by atoms with van der Waals surface area (Å²) >= 11 is 1.53. The molecule has 0 amide bonds. The molecule has 0 radical (unpaired) electrons. The van der Waals surface area contributed by atoms with Gasteiger partial charge in [-0.25, -0.2) is 4.98 Å². The second-order valence-electron chi connectivity index (χ2n) is 5.39. The van der Waals surface area contributed by atoms with Gasteiger partial charge in [-0.05, 0) is 31.6 Å². The number of piperidine rings is 1. The molecule has 0 saturated carbocycles. The van der Waals surface area contributed by atoms with Crippen LogP contribution in [0.3, 0.4) is 0 Å². The molecular formula is C13H23N3OS. The summed E-state index contributed by atoms with van der Waals surface area (Å²) in [5, 5.41) is 9.94. The summed E-state index contributed by atoms with van der Waals surface area (Å²) in [6.45, 7) is 6.76. The molecule has 0 atom stereocenters. The molecule has 18 heavy (non-hydrogen) atoms. The highest BCUT2D eigenvalue weighted by Crippen LogP contribution is 2.28. The van der Waals surface area contributed by atoms with Crippen LogP contribution >= 0.6 is 11.5 Å². The average Bonchev–Trinajstić information content (AvgIpc) is 2.87. The third-order valence-corrected chi connectivity index (χ3v) is 4.39. The van der Waals surface area contributed by atoms with Crippen molar-refractivity contribution in [3.05, 3.63) is 5.82 Å². The zero-order chi connectivity index (χ0) is 13.0. The van der Waals surface area contributed by atoms with Crippen LogP contribution in [0.2, 0.25) is 0 Å². The van der Waals surface area contributed by atoms with Crippen molar-refractivity contribution < 1.29 is 5.11 Å². The van der Waals surface area contributed by atoms with Crippen LogP contribution in [-0.2, 0) is 0 Å². The predicted octanol–water partition coefficient (Wildman–Crippen LogP) is 2.65. The van der Waals surface area contributed by atoms with E-state index in [1.54, 1.807) is 0 Å². The number of aliphatic hydroxyl groups is 1. The Bertz CT molecular complexity index is 359. The molecule has 4 nitrogen and oxygen atoms in total. The van der Waals surface area contributed by atoms with Crippen molar-refractivity contribution in [1.29, 1.82) is 0 Å². The van der Waals surface area contributed by atoms with Crippen LogP contribution in [-0.4, -0.2) is 34.2 Å². The largest absolute Gasteiger partial charge is 0.396 e. The fraction of sp³-hybridized carbons (Fsp3) is 0.846. The number of hydrogen-bond donors (Lipinski definition) is 1. The van der Waals surface area contributed by atoms with Crippen molar-refractivity contribution >= 4 is 16.7 Å². The molecule has 1 saturated heterocycles. The van der Waals surface area contributed by atoms with Gasteiger partial charge in [0, 0.05) is 37.1 Å². The van der Waals surface area contributed by atoms with Gasteiger partial charge >= 0.3 is 0 Å². The Hall–Kier alpha value is -0.680. The lowest BCUT2D eigenvalue weighted by Gasteiger charge is -2.31. The fourth-order valence-electron chi connectivity index (χ4n) is 2.38. The number of aliphatic hydroxyl groups excluding tert-OH is 1. The molecule has 1 aromatic rings. The zero-order valence-corrected chi connectivity index (χ0v) is 12.1. The lowest BCUT2D eigenvalue weighted by Crippen LogP contribution is -2.33. The lowest BCUT2D eigenvalue weighted by atomic mass is 9.92. The highest BCUT2D eigenvalue weighted by atomic mass is 32.1. The van der Waals surface area contributed by atoms with E-state index >= 15 is 0 Å². The normalized spacial score (nSPS) is 17.7. The standard InChI is InChI=1S/C13H23N3OS/c1-10(2)12-14-13(18-15-12)16-7-5-11(6-8-16)4-3-9-17/h10-11,17H,3-9H2,1-2H3. The van der Waals surface area contributed by atoms with Crippen LogP contribution in [0.1, 0.15) is 51.3 Å². The van der Waals surface area contributed by atoms with Gasteiger partial charge in [0.05, 0.1) is 0 Å². The smallest absolute Gasteiger partial charge is 0.205 e. The SMILES string of the molecule is CC(C)c1nsc(N2CCC(CCCO)CC2)n1. The molecule has 1 aromatic heterocycles. The predicted molar refractivity (Wildman–Crippen MR) is 75.3 cm³/mol. The molecule has 0 bridgehead atoms. The second-order valence-corrected chi connectivity index (χ2v) is 6.12. The second kappa shape index (κ2) is 6.48. The van der Waals surface area contributed by atoms with E-state index in [0.29, 0.717) is 12.5 Å². The van der Waals surface area contributed by atoms with Gasteiger partial charge in [-0.1, -0.05) is 13.8 Å². The van der Waals surface area contributed by atoms with E-state index in [1.807, 2.05) is 0 Å². The molecule has 0 spiro atoms. The van der Waals surface area contributed by atoms with Gasteiger partial charge in [0.15, 0.2) is 0 Å². The molecule has 2 heterocycles. The zero-order valence-electron chi connectivity index (χ0n) is 11.3. The van der Waals surface area contributed by atoms with Crippen molar-refractivity contribution in [2.45, 2.75) is 45.4 Å². The monoisotopic (exact) mass is 269 g/mol. The summed E-state index contributed by atoms with van der Waals surface area (Å²) < 4.78 is 4.42. The Kier molecular flexibility index (Phi) is 4.95. The van der Waals surface area contributed by atoms with Crippen molar-refractivity contribution in [3.63, 3.8) is 0 Å². The minimum Gasteiger partial charge on any atom is -0.396 e. The maximum absolute atomic E-state index is 8.85. The first-order chi connectivity index (χ1) is 8.70. The Balaban J connectivity index is 1.85. The first-order valence-corrected chi connectivity index (χ1v) is 7.67. The van der Waals surface area contributed by atoms with E-state index in [1.165, 1.54) is 24.4 Å². The summed E-state index contributed by atoms with van der Waals surface area (Å²) in [5.41, 5.74) is 0. The molecule has 0 aromatic carbocycles. The molecule has 102 valence electrons. The highest BCUT2D eigenvalue weighted by molar-refractivity contribution is 7.09. The molecule has 5 heteroatoms. The van der Waals surface area contributed by atoms with Crippen LogP contribution in [0.5, 0.6) is 0 Å². The van der Waals surface area contributed by atoms with Crippen LogP contribution in [0, 0.1) is 5.92 Å². The number of rotatable bonds is 5. The maximum atomic E-state index is 8.85. The van der Waals surface area contributed by atoms with Gasteiger partial charge in [0.1, 0.15) is 5.82 Å². The van der Waals surface area contributed by atoms with Gasteiger partial charge in [-0.2, -0.15) is 4.37 Å². The molecule has 0 unspecified atom stereocenters. The summed E-state index contributed by atoms with van der Waals surface area (Å²) in [4.78, 5) is 6.97. The molecule has 0 aliphatic carbocycles. The average molecular weight is 269 g/mol. The third-order valence-electron chi connectivity index (χ3n) is 3.60. The lowest BCUT2D eigenvalue weighted by molar-refractivity contribution is 0.261. The van der Waals surface area contributed by atoms with E-state index in [9.17, 15) is 0 Å². The number of anilines is 1. The van der Waals surface area contributed by atoms with Crippen molar-refractivity contribution in [1.82, 2.24) is 9.36 Å². The quantitative estimate of drug-likeness (QED) is 0.893. The molecular weight excluding hydrogens is 246 g/mol. The van der Waals surface area contributed by atoms with Crippen LogP contribution in [0.15, 0.2) is 0 Å². The number of aromatic nitrogens is 2. The van der Waals surface area contributed by atoms with Gasteiger partial charge in [-0.3, -0.25) is 0 Å². The molecule has 1 aliphatic heterocycles. The Morgan fingerprint density at radius 1 is 1.39 bits per heavy atom. The highest BCUT2D eigenvalue weighted by Gasteiger charge is 2.21. The molecule has 1 fully saturated rings. The van der Waals surface area contributed by atoms with E-state index < -0.39 is 0 Å². The molecule has 2 rings (SSSR count). The summed E-state index contributed by atoms with van der Waals surface area (Å²) in [6, 6.07) is 0. The van der Waals surface area contributed by atoms with Crippen molar-refractivity contribution in [2.24, 2.45) is 5.92 Å². The fourth-order valence-corrected chi connectivity index (χ4v) is 3.24. The van der Waals surface area contributed by atoms with E-state index in [0.717, 1.165) is 42.8 Å². The third kappa shape index (κ3) is 3.42. The Morgan fingerprint density at radius 2 is 2.11 bits per heavy atom. The Morgan fingerprint density at radius 3 is 2.67 bits per heavy atom.